The number of imidazole rings is 1. The molecule has 1 aliphatic heterocycles. The number of alkyl halides is 6. The third-order valence-corrected chi connectivity index (χ3v) is 5.73. The van der Waals surface area contributed by atoms with Crippen molar-refractivity contribution >= 4 is 34.8 Å². The molecule has 3 heterocycles. The highest BCUT2D eigenvalue weighted by molar-refractivity contribution is 7.16. The first-order valence-electron chi connectivity index (χ1n) is 9.45. The van der Waals surface area contributed by atoms with E-state index in [1.54, 1.807) is 17.8 Å². The van der Waals surface area contributed by atoms with E-state index in [0.29, 0.717) is 36.5 Å². The lowest BCUT2D eigenvalue weighted by atomic mass is 9.93. The average Bonchev–Trinajstić information content (AvgIpc) is 3.40. The molecular formula is C19H17F6N3O5S. The smallest absolute Gasteiger partial charge is 0.475 e. The van der Waals surface area contributed by atoms with E-state index in [-0.39, 0.29) is 17.2 Å². The number of ketones is 2. The normalized spacial score (nSPS) is 16.4. The first kappa shape index (κ1) is 27.0. The number of carbonyl (C=O) groups is 4. The summed E-state index contributed by atoms with van der Waals surface area (Å²) in [5.74, 6) is -5.47. The number of carboxylic acid groups (broad SMARTS) is 1. The Labute approximate surface area is 191 Å². The van der Waals surface area contributed by atoms with Crippen LogP contribution in [0.3, 0.4) is 0 Å². The number of nitrogens with zero attached hydrogens (tertiary/aromatic N) is 3. The van der Waals surface area contributed by atoms with Crippen molar-refractivity contribution in [1.82, 2.24) is 14.5 Å². The summed E-state index contributed by atoms with van der Waals surface area (Å²) >= 11 is 0.517. The molecule has 186 valence electrons. The van der Waals surface area contributed by atoms with Crippen molar-refractivity contribution in [2.24, 2.45) is 13.0 Å². The van der Waals surface area contributed by atoms with Gasteiger partial charge in [0.1, 0.15) is 0 Å². The largest absolute Gasteiger partial charge is 0.490 e. The van der Waals surface area contributed by atoms with Crippen LogP contribution in [0.15, 0.2) is 24.5 Å². The molecule has 1 N–H and O–H groups in total. The van der Waals surface area contributed by atoms with Gasteiger partial charge in [0.15, 0.2) is 5.82 Å². The third-order valence-electron chi connectivity index (χ3n) is 4.66. The lowest BCUT2D eigenvalue weighted by Gasteiger charge is -2.31. The van der Waals surface area contributed by atoms with Crippen LogP contribution in [0.25, 0.3) is 0 Å². The Hall–Kier alpha value is -3.23. The molecule has 15 heteroatoms. The molecular weight excluding hydrogens is 496 g/mol. The number of aliphatic carboxylic acids is 1. The Morgan fingerprint density at radius 2 is 1.65 bits per heavy atom. The molecule has 1 amide bonds. The lowest BCUT2D eigenvalue weighted by Crippen LogP contribution is -2.42. The number of halogens is 6. The van der Waals surface area contributed by atoms with Gasteiger partial charge < -0.3 is 14.6 Å². The second-order valence-corrected chi connectivity index (χ2v) is 8.19. The summed E-state index contributed by atoms with van der Waals surface area (Å²) in [4.78, 5) is 50.4. The van der Waals surface area contributed by atoms with E-state index in [2.05, 4.69) is 4.98 Å². The zero-order chi connectivity index (χ0) is 25.8. The monoisotopic (exact) mass is 513 g/mol. The highest BCUT2D eigenvalue weighted by atomic mass is 32.1. The molecule has 0 spiro atoms. The summed E-state index contributed by atoms with van der Waals surface area (Å²) in [5.41, 5.74) is 0. The second kappa shape index (κ2) is 10.4. The maximum Gasteiger partial charge on any atom is 0.490 e. The minimum Gasteiger partial charge on any atom is -0.475 e. The van der Waals surface area contributed by atoms with Gasteiger partial charge in [-0.2, -0.15) is 26.3 Å². The van der Waals surface area contributed by atoms with E-state index in [1.165, 1.54) is 17.2 Å². The summed E-state index contributed by atoms with van der Waals surface area (Å²) in [6.45, 7) is 0.578. The third kappa shape index (κ3) is 6.65. The topological polar surface area (TPSA) is 110 Å². The molecule has 2 aromatic heterocycles. The number of aryl methyl sites for hydroxylation is 1. The van der Waals surface area contributed by atoms with Crippen LogP contribution < -0.4 is 0 Å². The summed E-state index contributed by atoms with van der Waals surface area (Å²) in [5, 5.41) is 7.12. The number of thiophene rings is 1. The standard InChI is InChI=1S/C17H16F3N3O3S.C2HF3O2/c1-22-8-6-21-15(22)13(24)10-3-2-7-23(9-10)16(26)12-5-4-11(27-12)14(25)17(18,19)20;3-2(4,5)1(6)7/h4-6,8,10H,2-3,7,9H2,1H3;(H,6,7). The van der Waals surface area contributed by atoms with Crippen LogP contribution in [0.1, 0.15) is 42.8 Å². The van der Waals surface area contributed by atoms with Gasteiger partial charge in [0, 0.05) is 38.4 Å². The van der Waals surface area contributed by atoms with E-state index in [1.807, 2.05) is 0 Å². The molecule has 1 unspecified atom stereocenters. The molecule has 1 aliphatic rings. The minimum absolute atomic E-state index is 0.0488. The van der Waals surface area contributed by atoms with Gasteiger partial charge in [-0.25, -0.2) is 9.78 Å². The van der Waals surface area contributed by atoms with Crippen molar-refractivity contribution in [3.8, 4) is 0 Å². The SMILES string of the molecule is Cn1ccnc1C(=O)C1CCCN(C(=O)c2ccc(C(=O)C(F)(F)F)s2)C1.O=C(O)C(F)(F)F. The molecule has 0 aliphatic carbocycles. The molecule has 0 radical (unpaired) electrons. The van der Waals surface area contributed by atoms with Crippen LogP contribution >= 0.6 is 11.3 Å². The highest BCUT2D eigenvalue weighted by Crippen LogP contribution is 2.28. The number of carboxylic acids is 1. The Bertz CT molecular complexity index is 1080. The van der Waals surface area contributed by atoms with Crippen molar-refractivity contribution in [2.75, 3.05) is 13.1 Å². The predicted octanol–water partition coefficient (Wildman–Crippen LogP) is 3.60. The minimum atomic E-state index is -5.08. The first-order valence-corrected chi connectivity index (χ1v) is 10.3. The van der Waals surface area contributed by atoms with Crippen molar-refractivity contribution in [2.45, 2.75) is 25.2 Å². The first-order chi connectivity index (χ1) is 15.6. The molecule has 1 fully saturated rings. The number of hydrogen-bond donors (Lipinski definition) is 1. The molecule has 0 bridgehead atoms. The van der Waals surface area contributed by atoms with Crippen LogP contribution in [0, 0.1) is 5.92 Å². The average molecular weight is 513 g/mol. The molecule has 2 aromatic rings. The van der Waals surface area contributed by atoms with Crippen LogP contribution in [0.2, 0.25) is 0 Å². The fraction of sp³-hybridized carbons (Fsp3) is 0.421. The quantitative estimate of drug-likeness (QED) is 0.495. The van der Waals surface area contributed by atoms with Crippen molar-refractivity contribution in [3.63, 3.8) is 0 Å². The summed E-state index contributed by atoms with van der Waals surface area (Å²) < 4.78 is 70.9. The molecule has 3 rings (SSSR count). The number of hydrogen-bond acceptors (Lipinski definition) is 6. The van der Waals surface area contributed by atoms with Crippen molar-refractivity contribution < 1.29 is 50.6 Å². The van der Waals surface area contributed by atoms with Gasteiger partial charge in [-0.15, -0.1) is 11.3 Å². The molecule has 8 nitrogen and oxygen atoms in total. The fourth-order valence-corrected chi connectivity index (χ4v) is 3.97. The molecule has 34 heavy (non-hydrogen) atoms. The summed E-state index contributed by atoms with van der Waals surface area (Å²) in [7, 11) is 1.71. The summed E-state index contributed by atoms with van der Waals surface area (Å²) in [6, 6.07) is 2.23. The van der Waals surface area contributed by atoms with E-state index < -0.39 is 40.8 Å². The van der Waals surface area contributed by atoms with Gasteiger partial charge in [-0.3, -0.25) is 14.4 Å². The molecule has 1 saturated heterocycles. The maximum atomic E-state index is 12.6. The number of Topliss-reactive ketones (excluding diaryl/α,β-unsaturated/α-hetero) is 2. The zero-order valence-electron chi connectivity index (χ0n) is 17.3. The van der Waals surface area contributed by atoms with Gasteiger partial charge in [0.05, 0.1) is 9.75 Å². The van der Waals surface area contributed by atoms with E-state index in [0.717, 1.165) is 6.07 Å². The van der Waals surface area contributed by atoms with E-state index >= 15 is 0 Å². The predicted molar refractivity (Wildman–Crippen MR) is 105 cm³/mol. The fourth-order valence-electron chi connectivity index (χ4n) is 3.03. The van der Waals surface area contributed by atoms with E-state index in [9.17, 15) is 40.7 Å². The second-order valence-electron chi connectivity index (χ2n) is 7.11. The highest BCUT2D eigenvalue weighted by Gasteiger charge is 2.41. The van der Waals surface area contributed by atoms with Crippen molar-refractivity contribution in [3.05, 3.63) is 40.1 Å². The number of aromatic nitrogens is 2. The number of carbonyl (C=O) groups excluding carboxylic acids is 3. The van der Waals surface area contributed by atoms with Gasteiger partial charge in [0.25, 0.3) is 11.7 Å². The maximum absolute atomic E-state index is 12.6. The van der Waals surface area contributed by atoms with Gasteiger partial charge in [-0.1, -0.05) is 0 Å². The van der Waals surface area contributed by atoms with Crippen LogP contribution in [0.5, 0.6) is 0 Å². The zero-order valence-corrected chi connectivity index (χ0v) is 18.1. The van der Waals surface area contributed by atoms with Crippen LogP contribution in [-0.4, -0.2) is 68.4 Å². The number of amides is 1. The molecule has 0 aromatic carbocycles. The van der Waals surface area contributed by atoms with Crippen molar-refractivity contribution in [1.29, 1.82) is 0 Å². The molecule has 0 saturated carbocycles. The Morgan fingerprint density at radius 1 is 1.06 bits per heavy atom. The molecule has 1 atom stereocenters. The Kier molecular flexibility index (Phi) is 8.23. The van der Waals surface area contributed by atoms with Crippen LogP contribution in [-0.2, 0) is 11.8 Å². The van der Waals surface area contributed by atoms with Crippen LogP contribution in [0.4, 0.5) is 26.3 Å². The van der Waals surface area contributed by atoms with Gasteiger partial charge in [0.2, 0.25) is 5.78 Å². The van der Waals surface area contributed by atoms with E-state index in [4.69, 9.17) is 9.90 Å². The number of likely N-dealkylation sites (tertiary alicyclic amines) is 1. The van der Waals surface area contributed by atoms with Gasteiger partial charge >= 0.3 is 18.3 Å². The Balaban J connectivity index is 0.000000509. The van der Waals surface area contributed by atoms with Gasteiger partial charge in [-0.05, 0) is 25.0 Å². The Morgan fingerprint density at radius 3 is 2.15 bits per heavy atom. The number of piperidine rings is 1. The summed E-state index contributed by atoms with van der Waals surface area (Å²) in [6.07, 6.45) is -5.67. The lowest BCUT2D eigenvalue weighted by molar-refractivity contribution is -0.192. The number of rotatable bonds is 4.